The summed E-state index contributed by atoms with van der Waals surface area (Å²) < 4.78 is 1.24. The molecule has 23 heavy (non-hydrogen) atoms. The van der Waals surface area contributed by atoms with Crippen LogP contribution in [0.4, 0.5) is 5.13 Å². The Hall–Kier alpha value is -1.62. The van der Waals surface area contributed by atoms with Crippen LogP contribution >= 0.6 is 11.3 Å². The lowest BCUT2D eigenvalue weighted by molar-refractivity contribution is -0.125. The lowest BCUT2D eigenvalue weighted by atomic mass is 9.97. The predicted molar refractivity (Wildman–Crippen MR) is 95.2 cm³/mol. The number of amides is 1. The van der Waals surface area contributed by atoms with Crippen molar-refractivity contribution in [2.75, 3.05) is 18.0 Å². The molecule has 1 aromatic heterocycles. The Labute approximate surface area is 140 Å². The van der Waals surface area contributed by atoms with E-state index in [-0.39, 0.29) is 11.8 Å². The first kappa shape index (κ1) is 14.9. The van der Waals surface area contributed by atoms with Crippen molar-refractivity contribution >= 4 is 32.6 Å². The summed E-state index contributed by atoms with van der Waals surface area (Å²) in [6.45, 7) is 6.08. The summed E-state index contributed by atoms with van der Waals surface area (Å²) in [4.78, 5) is 19.5. The number of hydrogen-bond donors (Lipinski definition) is 1. The molecule has 1 N–H and O–H groups in total. The Morgan fingerprint density at radius 1 is 1.30 bits per heavy atom. The molecular formula is C18H23N3OS. The van der Waals surface area contributed by atoms with E-state index >= 15 is 0 Å². The van der Waals surface area contributed by atoms with Crippen LogP contribution in [-0.2, 0) is 4.79 Å². The van der Waals surface area contributed by atoms with E-state index in [0.29, 0.717) is 6.04 Å². The van der Waals surface area contributed by atoms with Gasteiger partial charge < -0.3 is 10.2 Å². The van der Waals surface area contributed by atoms with Crippen molar-refractivity contribution in [1.29, 1.82) is 0 Å². The third-order valence-corrected chi connectivity index (χ3v) is 6.14. The highest BCUT2D eigenvalue weighted by molar-refractivity contribution is 7.22. The number of carbonyl (C=O) groups excluding carboxylic acids is 1. The number of nitrogens with zero attached hydrogens (tertiary/aromatic N) is 2. The minimum Gasteiger partial charge on any atom is -0.353 e. The Bertz CT molecular complexity index is 750. The highest BCUT2D eigenvalue weighted by atomic mass is 32.1. The Morgan fingerprint density at radius 3 is 2.91 bits per heavy atom. The normalized spacial score (nSPS) is 21.7. The zero-order valence-electron chi connectivity index (χ0n) is 13.8. The summed E-state index contributed by atoms with van der Waals surface area (Å²) in [5.74, 6) is 0.351. The molecule has 2 aliphatic rings. The van der Waals surface area contributed by atoms with Crippen molar-refractivity contribution in [2.24, 2.45) is 5.92 Å². The molecule has 0 spiro atoms. The van der Waals surface area contributed by atoms with Gasteiger partial charge in [-0.2, -0.15) is 0 Å². The van der Waals surface area contributed by atoms with E-state index < -0.39 is 0 Å². The SMILES string of the molecule is Cc1ccc2sc(N3CCCC(C(=O)NC4CC4)C3)nc2c1C. The van der Waals surface area contributed by atoms with E-state index in [2.05, 4.69) is 36.2 Å². The number of thiazole rings is 1. The minimum atomic E-state index is 0.110. The van der Waals surface area contributed by atoms with Gasteiger partial charge in [0.15, 0.2) is 5.13 Å². The van der Waals surface area contributed by atoms with Crippen LogP contribution in [0.5, 0.6) is 0 Å². The van der Waals surface area contributed by atoms with Gasteiger partial charge in [-0.3, -0.25) is 4.79 Å². The van der Waals surface area contributed by atoms with E-state index in [1.807, 2.05) is 0 Å². The largest absolute Gasteiger partial charge is 0.353 e. The first-order valence-electron chi connectivity index (χ1n) is 8.54. The Morgan fingerprint density at radius 2 is 2.13 bits per heavy atom. The number of benzene rings is 1. The molecule has 1 saturated carbocycles. The summed E-state index contributed by atoms with van der Waals surface area (Å²) >= 11 is 1.75. The van der Waals surface area contributed by atoms with Gasteiger partial charge in [0.05, 0.1) is 16.1 Å². The van der Waals surface area contributed by atoms with Crippen LogP contribution in [0.3, 0.4) is 0 Å². The maximum atomic E-state index is 12.3. The number of fused-ring (bicyclic) bond motifs is 1. The lowest BCUT2D eigenvalue weighted by Crippen LogP contribution is -2.43. The number of anilines is 1. The van der Waals surface area contributed by atoms with Crippen LogP contribution in [-0.4, -0.2) is 30.0 Å². The van der Waals surface area contributed by atoms with Gasteiger partial charge in [0, 0.05) is 19.1 Å². The first-order valence-corrected chi connectivity index (χ1v) is 9.35. The van der Waals surface area contributed by atoms with E-state index in [0.717, 1.165) is 49.4 Å². The fraction of sp³-hybridized carbons (Fsp3) is 0.556. The average Bonchev–Trinajstić information content (AvgIpc) is 3.26. The topological polar surface area (TPSA) is 45.2 Å². The summed E-state index contributed by atoms with van der Waals surface area (Å²) in [7, 11) is 0. The average molecular weight is 329 g/mol. The van der Waals surface area contributed by atoms with Crippen LogP contribution in [0.25, 0.3) is 10.2 Å². The van der Waals surface area contributed by atoms with Gasteiger partial charge in [0.1, 0.15) is 0 Å². The molecule has 1 saturated heterocycles. The highest BCUT2D eigenvalue weighted by Crippen LogP contribution is 2.34. The minimum absolute atomic E-state index is 0.110. The molecule has 0 radical (unpaired) electrons. The van der Waals surface area contributed by atoms with E-state index in [1.54, 1.807) is 11.3 Å². The molecule has 1 aromatic carbocycles. The van der Waals surface area contributed by atoms with Crippen molar-refractivity contribution in [3.8, 4) is 0 Å². The molecule has 2 heterocycles. The summed E-state index contributed by atoms with van der Waals surface area (Å²) in [6, 6.07) is 4.79. The predicted octanol–water partition coefficient (Wildman–Crippen LogP) is 3.41. The fourth-order valence-corrected chi connectivity index (χ4v) is 4.32. The number of nitrogens with one attached hydrogen (secondary N) is 1. The highest BCUT2D eigenvalue weighted by Gasteiger charge is 2.31. The van der Waals surface area contributed by atoms with Crippen LogP contribution < -0.4 is 10.2 Å². The maximum absolute atomic E-state index is 12.3. The van der Waals surface area contributed by atoms with Crippen molar-refractivity contribution in [3.63, 3.8) is 0 Å². The number of aromatic nitrogens is 1. The molecule has 1 amide bonds. The summed E-state index contributed by atoms with van der Waals surface area (Å²) in [5, 5.41) is 4.22. The van der Waals surface area contributed by atoms with E-state index in [4.69, 9.17) is 4.98 Å². The third kappa shape index (κ3) is 2.94. The molecule has 1 atom stereocenters. The van der Waals surface area contributed by atoms with Gasteiger partial charge in [-0.05, 0) is 56.7 Å². The molecule has 2 fully saturated rings. The van der Waals surface area contributed by atoms with Gasteiger partial charge >= 0.3 is 0 Å². The zero-order chi connectivity index (χ0) is 16.0. The maximum Gasteiger partial charge on any atom is 0.225 e. The number of rotatable bonds is 3. The van der Waals surface area contributed by atoms with Crippen molar-refractivity contribution in [2.45, 2.75) is 45.6 Å². The standard InChI is InChI=1S/C18H23N3OS/c1-11-5-8-15-16(12(11)2)20-18(23-15)21-9-3-4-13(10-21)17(22)19-14-6-7-14/h5,8,13-14H,3-4,6-7,9-10H2,1-2H3,(H,19,22). The molecule has 122 valence electrons. The van der Waals surface area contributed by atoms with Gasteiger partial charge in [-0.15, -0.1) is 0 Å². The molecule has 5 heteroatoms. The summed E-state index contributed by atoms with van der Waals surface area (Å²) in [6.07, 6.45) is 4.37. The van der Waals surface area contributed by atoms with Crippen molar-refractivity contribution in [3.05, 3.63) is 23.3 Å². The molecular weight excluding hydrogens is 306 g/mol. The summed E-state index contributed by atoms with van der Waals surface area (Å²) in [5.41, 5.74) is 3.68. The van der Waals surface area contributed by atoms with E-state index in [9.17, 15) is 4.79 Å². The Kier molecular flexibility index (Phi) is 3.76. The lowest BCUT2D eigenvalue weighted by Gasteiger charge is -2.31. The second-order valence-electron chi connectivity index (χ2n) is 6.92. The molecule has 4 nitrogen and oxygen atoms in total. The van der Waals surface area contributed by atoms with Gasteiger partial charge in [0.2, 0.25) is 5.91 Å². The van der Waals surface area contributed by atoms with Crippen LogP contribution in [0.15, 0.2) is 12.1 Å². The molecule has 4 rings (SSSR count). The first-order chi connectivity index (χ1) is 11.1. The molecule has 1 aliphatic heterocycles. The van der Waals surface area contributed by atoms with Gasteiger partial charge in [-0.1, -0.05) is 17.4 Å². The van der Waals surface area contributed by atoms with Crippen molar-refractivity contribution in [1.82, 2.24) is 10.3 Å². The number of carbonyl (C=O) groups is 1. The molecule has 0 bridgehead atoms. The second-order valence-corrected chi connectivity index (χ2v) is 7.93. The fourth-order valence-electron chi connectivity index (χ4n) is 3.26. The second kappa shape index (κ2) is 5.78. The number of hydrogen-bond acceptors (Lipinski definition) is 4. The third-order valence-electron chi connectivity index (χ3n) is 5.06. The molecule has 1 unspecified atom stereocenters. The Balaban J connectivity index is 1.54. The van der Waals surface area contributed by atoms with Crippen LogP contribution in [0, 0.1) is 19.8 Å². The quantitative estimate of drug-likeness (QED) is 0.938. The van der Waals surface area contributed by atoms with Crippen LogP contribution in [0.1, 0.15) is 36.8 Å². The molecule has 2 aromatic rings. The number of piperidine rings is 1. The van der Waals surface area contributed by atoms with Crippen molar-refractivity contribution < 1.29 is 4.79 Å². The smallest absolute Gasteiger partial charge is 0.225 e. The van der Waals surface area contributed by atoms with Gasteiger partial charge in [-0.25, -0.2) is 4.98 Å². The van der Waals surface area contributed by atoms with Gasteiger partial charge in [0.25, 0.3) is 0 Å². The van der Waals surface area contributed by atoms with Crippen LogP contribution in [0.2, 0.25) is 0 Å². The number of aryl methyl sites for hydroxylation is 2. The zero-order valence-corrected chi connectivity index (χ0v) is 14.6. The molecule has 1 aliphatic carbocycles. The van der Waals surface area contributed by atoms with E-state index in [1.165, 1.54) is 15.8 Å². The monoisotopic (exact) mass is 329 g/mol.